The number of amides is 1. The van der Waals surface area contributed by atoms with Crippen LogP contribution >= 0.6 is 11.3 Å². The molecule has 0 saturated heterocycles. The molecule has 6 nitrogen and oxygen atoms in total. The lowest BCUT2D eigenvalue weighted by Crippen LogP contribution is -2.27. The summed E-state index contributed by atoms with van der Waals surface area (Å²) in [7, 11) is 3.43. The van der Waals surface area contributed by atoms with E-state index in [-0.39, 0.29) is 5.91 Å². The summed E-state index contributed by atoms with van der Waals surface area (Å²) >= 11 is 1.45. The molecule has 0 aliphatic heterocycles. The summed E-state index contributed by atoms with van der Waals surface area (Å²) in [6.45, 7) is 0.501. The van der Waals surface area contributed by atoms with E-state index in [1.807, 2.05) is 52.4 Å². The van der Waals surface area contributed by atoms with Crippen LogP contribution in [0.4, 0.5) is 0 Å². The van der Waals surface area contributed by atoms with Crippen molar-refractivity contribution in [3.05, 3.63) is 71.6 Å². The Bertz CT molecular complexity index is 1090. The molecule has 0 bridgehead atoms. The van der Waals surface area contributed by atoms with Gasteiger partial charge < -0.3 is 9.64 Å². The standard InChI is InChI=1S/C20H18N4O2S/c1-23(11-14-5-4-8-21-10-14)19(25)18-13-27-20-22-17(12-24(18)20)15-6-3-7-16(9-15)26-2/h3-10,12-13H,11H2,1-2H3. The Labute approximate surface area is 160 Å². The largest absolute Gasteiger partial charge is 0.497 e. The third kappa shape index (κ3) is 3.41. The van der Waals surface area contributed by atoms with Crippen molar-refractivity contribution >= 4 is 22.2 Å². The zero-order valence-electron chi connectivity index (χ0n) is 15.0. The highest BCUT2D eigenvalue weighted by molar-refractivity contribution is 7.15. The minimum Gasteiger partial charge on any atom is -0.497 e. The van der Waals surface area contributed by atoms with Gasteiger partial charge in [0, 0.05) is 43.1 Å². The van der Waals surface area contributed by atoms with Crippen molar-refractivity contribution in [3.63, 3.8) is 0 Å². The van der Waals surface area contributed by atoms with Crippen molar-refractivity contribution in [1.82, 2.24) is 19.3 Å². The maximum Gasteiger partial charge on any atom is 0.271 e. The molecule has 0 aliphatic rings. The Hall–Kier alpha value is -3.19. The van der Waals surface area contributed by atoms with Gasteiger partial charge in [-0.3, -0.25) is 14.2 Å². The second-order valence-corrected chi connectivity index (χ2v) is 6.99. The number of ether oxygens (including phenoxy) is 1. The van der Waals surface area contributed by atoms with E-state index in [1.165, 1.54) is 11.3 Å². The van der Waals surface area contributed by atoms with Crippen molar-refractivity contribution in [2.75, 3.05) is 14.2 Å². The fourth-order valence-corrected chi connectivity index (χ4v) is 3.74. The van der Waals surface area contributed by atoms with Gasteiger partial charge in [0.2, 0.25) is 0 Å². The summed E-state index contributed by atoms with van der Waals surface area (Å²) in [5.74, 6) is 0.719. The molecule has 0 aliphatic carbocycles. The number of nitrogens with zero attached hydrogens (tertiary/aromatic N) is 4. The molecule has 4 aromatic rings. The second kappa shape index (κ2) is 7.20. The Morgan fingerprint density at radius 1 is 1.30 bits per heavy atom. The average molecular weight is 378 g/mol. The molecule has 7 heteroatoms. The molecular formula is C20H18N4O2S. The van der Waals surface area contributed by atoms with Crippen LogP contribution in [0.15, 0.2) is 60.4 Å². The number of carbonyl (C=O) groups is 1. The van der Waals surface area contributed by atoms with Crippen molar-refractivity contribution in [2.45, 2.75) is 6.54 Å². The Kier molecular flexibility index (Phi) is 4.60. The number of rotatable bonds is 5. The number of fused-ring (bicyclic) bond motifs is 1. The molecule has 27 heavy (non-hydrogen) atoms. The van der Waals surface area contributed by atoms with Crippen LogP contribution in [0.3, 0.4) is 0 Å². The van der Waals surface area contributed by atoms with Crippen molar-refractivity contribution in [3.8, 4) is 17.0 Å². The molecule has 3 heterocycles. The molecule has 0 spiro atoms. The van der Waals surface area contributed by atoms with Gasteiger partial charge in [-0.2, -0.15) is 0 Å². The van der Waals surface area contributed by atoms with Crippen LogP contribution < -0.4 is 4.74 Å². The maximum absolute atomic E-state index is 12.9. The van der Waals surface area contributed by atoms with E-state index < -0.39 is 0 Å². The number of hydrogen-bond acceptors (Lipinski definition) is 5. The normalized spacial score (nSPS) is 10.9. The Morgan fingerprint density at radius 3 is 2.96 bits per heavy atom. The first kappa shape index (κ1) is 17.2. The molecule has 0 N–H and O–H groups in total. The van der Waals surface area contributed by atoms with Crippen LogP contribution in [-0.4, -0.2) is 39.3 Å². The molecule has 0 saturated carbocycles. The highest BCUT2D eigenvalue weighted by Gasteiger charge is 2.19. The van der Waals surface area contributed by atoms with Crippen LogP contribution in [0.25, 0.3) is 16.2 Å². The van der Waals surface area contributed by atoms with Gasteiger partial charge in [-0.15, -0.1) is 11.3 Å². The SMILES string of the molecule is COc1cccc(-c2cn3c(C(=O)N(C)Cc4cccnc4)csc3n2)c1. The maximum atomic E-state index is 12.9. The van der Waals surface area contributed by atoms with Gasteiger partial charge in [0.15, 0.2) is 4.96 Å². The van der Waals surface area contributed by atoms with Crippen molar-refractivity contribution in [1.29, 1.82) is 0 Å². The van der Waals surface area contributed by atoms with Crippen molar-refractivity contribution in [2.24, 2.45) is 0 Å². The van der Waals surface area contributed by atoms with Gasteiger partial charge in [-0.25, -0.2) is 4.98 Å². The fourth-order valence-electron chi connectivity index (χ4n) is 2.89. The molecule has 1 amide bonds. The molecule has 0 atom stereocenters. The lowest BCUT2D eigenvalue weighted by Gasteiger charge is -2.16. The zero-order chi connectivity index (χ0) is 18.8. The summed E-state index contributed by atoms with van der Waals surface area (Å²) in [6.07, 6.45) is 5.39. The van der Waals surface area contributed by atoms with Crippen LogP contribution in [0.2, 0.25) is 0 Å². The summed E-state index contributed by atoms with van der Waals surface area (Å²) in [4.78, 5) is 24.1. The van der Waals surface area contributed by atoms with E-state index in [2.05, 4.69) is 9.97 Å². The van der Waals surface area contributed by atoms with Crippen LogP contribution in [0.5, 0.6) is 5.75 Å². The topological polar surface area (TPSA) is 59.7 Å². The molecule has 0 unspecified atom stereocenters. The highest BCUT2D eigenvalue weighted by Crippen LogP contribution is 2.26. The van der Waals surface area contributed by atoms with Crippen LogP contribution in [0.1, 0.15) is 16.1 Å². The summed E-state index contributed by atoms with van der Waals surface area (Å²) < 4.78 is 7.13. The monoisotopic (exact) mass is 378 g/mol. The Morgan fingerprint density at radius 2 is 2.19 bits per heavy atom. The first-order chi connectivity index (χ1) is 13.2. The van der Waals surface area contributed by atoms with Gasteiger partial charge in [0.05, 0.1) is 12.8 Å². The number of methoxy groups -OCH3 is 1. The number of thiazole rings is 1. The zero-order valence-corrected chi connectivity index (χ0v) is 15.8. The van der Waals surface area contributed by atoms with Crippen molar-refractivity contribution < 1.29 is 9.53 Å². The molecular weight excluding hydrogens is 360 g/mol. The number of carbonyl (C=O) groups excluding carboxylic acids is 1. The predicted octanol–water partition coefficient (Wildman–Crippen LogP) is 3.74. The first-order valence-electron chi connectivity index (χ1n) is 8.41. The number of imidazole rings is 1. The molecule has 1 aromatic carbocycles. The number of pyridine rings is 1. The van der Waals surface area contributed by atoms with Gasteiger partial charge in [0.25, 0.3) is 5.91 Å². The van der Waals surface area contributed by atoms with Crippen LogP contribution in [0, 0.1) is 0 Å². The summed E-state index contributed by atoms with van der Waals surface area (Å²) in [5, 5.41) is 1.85. The fraction of sp³-hybridized carbons (Fsp3) is 0.150. The molecule has 4 rings (SSSR count). The quantitative estimate of drug-likeness (QED) is 0.531. The van der Waals surface area contributed by atoms with Gasteiger partial charge in [-0.05, 0) is 23.8 Å². The van der Waals surface area contributed by atoms with E-state index in [9.17, 15) is 4.79 Å². The molecule has 136 valence electrons. The van der Waals surface area contributed by atoms with Gasteiger partial charge in [0.1, 0.15) is 11.4 Å². The van der Waals surface area contributed by atoms with E-state index in [4.69, 9.17) is 4.74 Å². The average Bonchev–Trinajstić information content (AvgIpc) is 3.29. The minimum absolute atomic E-state index is 0.0558. The van der Waals surface area contributed by atoms with Crippen LogP contribution in [-0.2, 0) is 6.54 Å². The van der Waals surface area contributed by atoms with E-state index in [0.29, 0.717) is 12.2 Å². The first-order valence-corrected chi connectivity index (χ1v) is 9.29. The molecule has 0 fully saturated rings. The second-order valence-electron chi connectivity index (χ2n) is 6.15. The highest BCUT2D eigenvalue weighted by atomic mass is 32.1. The predicted molar refractivity (Wildman–Crippen MR) is 105 cm³/mol. The smallest absolute Gasteiger partial charge is 0.271 e. The minimum atomic E-state index is -0.0558. The van der Waals surface area contributed by atoms with E-state index >= 15 is 0 Å². The third-order valence-electron chi connectivity index (χ3n) is 4.28. The third-order valence-corrected chi connectivity index (χ3v) is 5.12. The number of aromatic nitrogens is 3. The number of benzene rings is 1. The Balaban J connectivity index is 1.62. The van der Waals surface area contributed by atoms with E-state index in [0.717, 1.165) is 27.5 Å². The lowest BCUT2D eigenvalue weighted by molar-refractivity contribution is 0.0778. The van der Waals surface area contributed by atoms with Gasteiger partial charge in [-0.1, -0.05) is 18.2 Å². The molecule has 3 aromatic heterocycles. The molecule has 0 radical (unpaired) electrons. The summed E-state index contributed by atoms with van der Waals surface area (Å²) in [5.41, 5.74) is 3.35. The van der Waals surface area contributed by atoms with Gasteiger partial charge >= 0.3 is 0 Å². The van der Waals surface area contributed by atoms with E-state index in [1.54, 1.807) is 31.5 Å². The lowest BCUT2D eigenvalue weighted by atomic mass is 10.1. The summed E-state index contributed by atoms with van der Waals surface area (Å²) in [6, 6.07) is 11.6. The number of hydrogen-bond donors (Lipinski definition) is 0.